The molecule has 0 saturated heterocycles. The summed E-state index contributed by atoms with van der Waals surface area (Å²) in [5.74, 6) is 0.684. The Morgan fingerprint density at radius 2 is 2.06 bits per heavy atom. The van der Waals surface area contributed by atoms with Gasteiger partial charge in [-0.3, -0.25) is 0 Å². The van der Waals surface area contributed by atoms with Crippen molar-refractivity contribution in [3.8, 4) is 11.5 Å². The largest absolute Gasteiger partial charge is 0.463 e. The van der Waals surface area contributed by atoms with Gasteiger partial charge in [0.25, 0.3) is 0 Å². The Balaban J connectivity index is 1.60. The number of carbonyl (C=O) groups is 2. The van der Waals surface area contributed by atoms with Crippen LogP contribution in [0.15, 0.2) is 60.1 Å². The van der Waals surface area contributed by atoms with Crippen LogP contribution in [0.2, 0.25) is 0 Å². The van der Waals surface area contributed by atoms with Gasteiger partial charge in [0, 0.05) is 0 Å². The van der Waals surface area contributed by atoms with E-state index in [1.165, 1.54) is 0 Å². The molecule has 9 heteroatoms. The van der Waals surface area contributed by atoms with Crippen molar-refractivity contribution in [2.24, 2.45) is 0 Å². The summed E-state index contributed by atoms with van der Waals surface area (Å²) in [6, 6.07) is 11.9. The highest BCUT2D eigenvalue weighted by atomic mass is 16.7. The second kappa shape index (κ2) is 7.67. The number of ether oxygens (including phenoxy) is 3. The smallest absolute Gasteiger partial charge is 0.338 e. The first-order valence-corrected chi connectivity index (χ1v) is 9.91. The highest BCUT2D eigenvalue weighted by Crippen LogP contribution is 2.37. The molecular weight excluding hydrogens is 400 g/mol. The summed E-state index contributed by atoms with van der Waals surface area (Å²) in [5, 5.41) is 5.62. The number of hydrogen-bond donors (Lipinski definition) is 2. The van der Waals surface area contributed by atoms with Gasteiger partial charge in [0.05, 0.1) is 47.8 Å². The summed E-state index contributed by atoms with van der Waals surface area (Å²) < 4.78 is 18.0. The number of aromatic nitrogens is 2. The number of amides is 2. The minimum Gasteiger partial charge on any atom is -0.463 e. The first-order valence-electron chi connectivity index (χ1n) is 9.91. The Labute approximate surface area is 177 Å². The molecule has 3 aromatic rings. The van der Waals surface area contributed by atoms with E-state index in [4.69, 9.17) is 14.2 Å². The van der Waals surface area contributed by atoms with Crippen molar-refractivity contribution < 1.29 is 23.8 Å². The predicted molar refractivity (Wildman–Crippen MR) is 110 cm³/mol. The molecule has 2 N–H and O–H groups in total. The van der Waals surface area contributed by atoms with Crippen molar-refractivity contribution in [3.63, 3.8) is 0 Å². The molecule has 3 heterocycles. The summed E-state index contributed by atoms with van der Waals surface area (Å²) in [4.78, 5) is 29.9. The third-order valence-corrected chi connectivity index (χ3v) is 5.23. The third kappa shape index (κ3) is 3.43. The maximum absolute atomic E-state index is 13.0. The number of nitrogens with one attached hydrogen (secondary N) is 2. The molecule has 0 bridgehead atoms. The lowest BCUT2D eigenvalue weighted by Crippen LogP contribution is -2.46. The number of nitrogens with zero attached hydrogens (tertiary/aromatic N) is 2. The fourth-order valence-corrected chi connectivity index (χ4v) is 3.84. The number of carbonyl (C=O) groups excluding carboxylic acids is 2. The highest BCUT2D eigenvalue weighted by molar-refractivity contribution is 5.95. The Morgan fingerprint density at radius 3 is 2.94 bits per heavy atom. The van der Waals surface area contributed by atoms with E-state index in [1.807, 2.05) is 28.8 Å². The SMILES string of the molecule is CCOC(=O)C1=C(Cn2cnc3ccccc32)NC(=O)N[C@H]1c1ccc2c(c1)OCO2. The molecule has 2 amide bonds. The normalized spacial score (nSPS) is 17.5. The van der Waals surface area contributed by atoms with E-state index in [2.05, 4.69) is 15.6 Å². The van der Waals surface area contributed by atoms with Crippen molar-refractivity contribution in [1.29, 1.82) is 0 Å². The lowest BCUT2D eigenvalue weighted by molar-refractivity contribution is -0.139. The van der Waals surface area contributed by atoms with Gasteiger partial charge in [-0.25, -0.2) is 14.6 Å². The zero-order valence-corrected chi connectivity index (χ0v) is 16.8. The summed E-state index contributed by atoms with van der Waals surface area (Å²) in [6.45, 7) is 2.34. The zero-order chi connectivity index (χ0) is 21.4. The molecule has 1 atom stereocenters. The Bertz CT molecular complexity index is 1220. The van der Waals surface area contributed by atoms with Gasteiger partial charge in [-0.05, 0) is 36.8 Å². The second-order valence-electron chi connectivity index (χ2n) is 7.12. The molecule has 2 aromatic carbocycles. The van der Waals surface area contributed by atoms with Crippen LogP contribution in [-0.2, 0) is 16.1 Å². The van der Waals surface area contributed by atoms with Crippen molar-refractivity contribution in [3.05, 3.63) is 65.6 Å². The molecule has 0 unspecified atom stereocenters. The van der Waals surface area contributed by atoms with Gasteiger partial charge < -0.3 is 29.4 Å². The molecule has 0 aliphatic carbocycles. The lowest BCUT2D eigenvalue weighted by Gasteiger charge is -2.29. The van der Waals surface area contributed by atoms with E-state index in [0.717, 1.165) is 11.0 Å². The van der Waals surface area contributed by atoms with E-state index in [-0.39, 0.29) is 19.9 Å². The van der Waals surface area contributed by atoms with Crippen molar-refractivity contribution in [2.75, 3.05) is 13.4 Å². The molecule has 5 rings (SSSR count). The predicted octanol–water partition coefficient (Wildman–Crippen LogP) is 2.64. The Hall–Kier alpha value is -4.01. The number of fused-ring (bicyclic) bond motifs is 2. The minimum atomic E-state index is -0.702. The van der Waals surface area contributed by atoms with E-state index in [9.17, 15) is 9.59 Å². The fraction of sp³-hybridized carbons (Fsp3) is 0.227. The molecule has 0 fully saturated rings. The number of esters is 1. The van der Waals surface area contributed by atoms with Crippen LogP contribution < -0.4 is 20.1 Å². The topological polar surface area (TPSA) is 104 Å². The number of hydrogen-bond acceptors (Lipinski definition) is 6. The first-order chi connectivity index (χ1) is 15.1. The van der Waals surface area contributed by atoms with Gasteiger partial charge >= 0.3 is 12.0 Å². The van der Waals surface area contributed by atoms with Crippen LogP contribution in [0.5, 0.6) is 11.5 Å². The fourth-order valence-electron chi connectivity index (χ4n) is 3.84. The number of para-hydroxylation sites is 2. The molecule has 0 saturated carbocycles. The number of urea groups is 1. The quantitative estimate of drug-likeness (QED) is 0.615. The maximum Gasteiger partial charge on any atom is 0.338 e. The standard InChI is InChI=1S/C22H20N4O5/c1-2-29-21(27)19-15(10-26-11-23-14-5-3-4-6-16(14)26)24-22(28)25-20(19)13-7-8-17-18(9-13)31-12-30-17/h3-9,11,20H,2,10,12H2,1H3,(H2,24,25,28)/t20-/m0/s1. The molecule has 158 valence electrons. The van der Waals surface area contributed by atoms with Gasteiger partial charge in [0.2, 0.25) is 6.79 Å². The van der Waals surface area contributed by atoms with Crippen LogP contribution in [0, 0.1) is 0 Å². The van der Waals surface area contributed by atoms with E-state index in [0.29, 0.717) is 28.3 Å². The number of allylic oxidation sites excluding steroid dienone is 1. The molecule has 2 aliphatic rings. The lowest BCUT2D eigenvalue weighted by atomic mass is 9.94. The minimum absolute atomic E-state index is 0.136. The summed E-state index contributed by atoms with van der Waals surface area (Å²) >= 11 is 0. The van der Waals surface area contributed by atoms with Crippen LogP contribution in [0.4, 0.5) is 4.79 Å². The average molecular weight is 420 g/mol. The number of imidazole rings is 1. The average Bonchev–Trinajstić information content (AvgIpc) is 3.40. The van der Waals surface area contributed by atoms with Crippen molar-refractivity contribution in [1.82, 2.24) is 20.2 Å². The number of rotatable bonds is 5. The molecular formula is C22H20N4O5. The Kier molecular flexibility index (Phi) is 4.70. The van der Waals surface area contributed by atoms with Crippen LogP contribution >= 0.6 is 0 Å². The monoisotopic (exact) mass is 420 g/mol. The molecule has 1 aromatic heterocycles. The summed E-state index contributed by atoms with van der Waals surface area (Å²) in [7, 11) is 0. The van der Waals surface area contributed by atoms with Gasteiger partial charge in [0.1, 0.15) is 0 Å². The zero-order valence-electron chi connectivity index (χ0n) is 16.8. The highest BCUT2D eigenvalue weighted by Gasteiger charge is 2.34. The van der Waals surface area contributed by atoms with Crippen molar-refractivity contribution in [2.45, 2.75) is 19.5 Å². The van der Waals surface area contributed by atoms with E-state index < -0.39 is 18.0 Å². The maximum atomic E-state index is 13.0. The molecule has 0 spiro atoms. The van der Waals surface area contributed by atoms with E-state index >= 15 is 0 Å². The molecule has 9 nitrogen and oxygen atoms in total. The molecule has 2 aliphatic heterocycles. The third-order valence-electron chi connectivity index (χ3n) is 5.23. The molecule has 0 radical (unpaired) electrons. The van der Waals surface area contributed by atoms with Crippen LogP contribution in [-0.4, -0.2) is 35.0 Å². The molecule has 31 heavy (non-hydrogen) atoms. The summed E-state index contributed by atoms with van der Waals surface area (Å²) in [5.41, 5.74) is 3.19. The van der Waals surface area contributed by atoms with Gasteiger partial charge in [-0.2, -0.15) is 0 Å². The van der Waals surface area contributed by atoms with Gasteiger partial charge in [-0.1, -0.05) is 18.2 Å². The van der Waals surface area contributed by atoms with Crippen molar-refractivity contribution >= 4 is 23.0 Å². The Morgan fingerprint density at radius 1 is 1.23 bits per heavy atom. The van der Waals surface area contributed by atoms with Gasteiger partial charge in [-0.15, -0.1) is 0 Å². The van der Waals surface area contributed by atoms with Crippen LogP contribution in [0.3, 0.4) is 0 Å². The second-order valence-corrected chi connectivity index (χ2v) is 7.12. The van der Waals surface area contributed by atoms with Gasteiger partial charge in [0.15, 0.2) is 11.5 Å². The van der Waals surface area contributed by atoms with Crippen LogP contribution in [0.25, 0.3) is 11.0 Å². The van der Waals surface area contributed by atoms with E-state index in [1.54, 1.807) is 31.5 Å². The first kappa shape index (κ1) is 19.0. The van der Waals surface area contributed by atoms with Crippen LogP contribution in [0.1, 0.15) is 18.5 Å². The summed E-state index contributed by atoms with van der Waals surface area (Å²) in [6.07, 6.45) is 1.68. The number of benzene rings is 2.